The number of anilines is 1. The Hall–Kier alpha value is -3.69. The molecule has 0 unspecified atom stereocenters. The molecule has 0 aliphatic carbocycles. The van der Waals surface area contributed by atoms with Crippen molar-refractivity contribution in [1.82, 2.24) is 23.7 Å². The molecule has 1 saturated heterocycles. The number of hydrogen-bond donors (Lipinski definition) is 2. The number of para-hydroxylation sites is 1. The topological polar surface area (TPSA) is 109 Å². The van der Waals surface area contributed by atoms with Crippen molar-refractivity contribution < 1.29 is 8.42 Å². The molecule has 0 atom stereocenters. The molecule has 6 rings (SSSR count). The molecule has 1 aliphatic heterocycles. The maximum Gasteiger partial charge on any atom is 0.243 e. The van der Waals surface area contributed by atoms with E-state index in [9.17, 15) is 8.42 Å². The number of sulfonamides is 1. The van der Waals surface area contributed by atoms with E-state index < -0.39 is 10.0 Å². The van der Waals surface area contributed by atoms with Crippen molar-refractivity contribution in [1.29, 1.82) is 0 Å². The lowest BCUT2D eigenvalue weighted by atomic mass is 9.97. The van der Waals surface area contributed by atoms with Gasteiger partial charge < -0.3 is 10.7 Å². The van der Waals surface area contributed by atoms with Crippen LogP contribution in [0.2, 0.25) is 0 Å². The summed E-state index contributed by atoms with van der Waals surface area (Å²) in [6, 6.07) is 18.8. The molecule has 3 aromatic heterocycles. The van der Waals surface area contributed by atoms with Crippen LogP contribution in [-0.4, -0.2) is 45.2 Å². The predicted octanol–water partition coefficient (Wildman–Crippen LogP) is 4.03. The summed E-state index contributed by atoms with van der Waals surface area (Å²) in [5, 5.41) is 1.10. The zero-order chi connectivity index (χ0) is 23.3. The van der Waals surface area contributed by atoms with E-state index >= 15 is 0 Å². The maximum absolute atomic E-state index is 13.0. The normalized spacial score (nSPS) is 15.9. The van der Waals surface area contributed by atoms with E-state index in [1.54, 1.807) is 34.8 Å². The largest absolute Gasteiger partial charge is 0.382 e. The number of nitrogens with one attached hydrogen (secondary N) is 1. The molecular weight excluding hydrogens is 448 g/mol. The second-order valence-electron chi connectivity index (χ2n) is 8.61. The molecule has 9 heteroatoms. The number of piperidine rings is 1. The summed E-state index contributed by atoms with van der Waals surface area (Å²) in [6.45, 7) is 0.887. The van der Waals surface area contributed by atoms with Gasteiger partial charge in [-0.1, -0.05) is 36.4 Å². The van der Waals surface area contributed by atoms with Crippen LogP contribution in [0.25, 0.3) is 27.8 Å². The number of aromatic amines is 1. The van der Waals surface area contributed by atoms with Gasteiger partial charge in [-0.25, -0.2) is 18.4 Å². The van der Waals surface area contributed by atoms with E-state index in [4.69, 9.17) is 10.7 Å². The van der Waals surface area contributed by atoms with Gasteiger partial charge in [0.15, 0.2) is 0 Å². The Balaban J connectivity index is 1.35. The molecule has 172 valence electrons. The molecule has 3 N–H and O–H groups in total. The van der Waals surface area contributed by atoms with E-state index in [0.29, 0.717) is 36.6 Å². The number of benzene rings is 2. The van der Waals surface area contributed by atoms with E-state index in [0.717, 1.165) is 33.6 Å². The van der Waals surface area contributed by atoms with Gasteiger partial charge in [-0.3, -0.25) is 4.40 Å². The SMILES string of the molecule is Nc1nccn2c(C3CCN(S(=O)(=O)c4ccccc4)CC3)nc(-c3cc4ccccc4[nH]3)c12. The van der Waals surface area contributed by atoms with Gasteiger partial charge in [-0.2, -0.15) is 4.31 Å². The van der Waals surface area contributed by atoms with Gasteiger partial charge in [-0.05, 0) is 37.1 Å². The average Bonchev–Trinajstić information content (AvgIpc) is 3.47. The molecule has 0 radical (unpaired) electrons. The van der Waals surface area contributed by atoms with Crippen LogP contribution in [-0.2, 0) is 10.0 Å². The van der Waals surface area contributed by atoms with Crippen LogP contribution in [0.3, 0.4) is 0 Å². The van der Waals surface area contributed by atoms with Crippen LogP contribution in [0.1, 0.15) is 24.6 Å². The van der Waals surface area contributed by atoms with Crippen molar-refractivity contribution in [3.63, 3.8) is 0 Å². The van der Waals surface area contributed by atoms with Crippen LogP contribution in [0.4, 0.5) is 5.82 Å². The molecule has 4 heterocycles. The summed E-state index contributed by atoms with van der Waals surface area (Å²) >= 11 is 0. The Labute approximate surface area is 197 Å². The van der Waals surface area contributed by atoms with Gasteiger partial charge in [0.2, 0.25) is 10.0 Å². The van der Waals surface area contributed by atoms with Crippen molar-refractivity contribution >= 4 is 32.3 Å². The van der Waals surface area contributed by atoms with Crippen molar-refractivity contribution in [2.24, 2.45) is 0 Å². The fraction of sp³-hybridized carbons (Fsp3) is 0.200. The minimum absolute atomic E-state index is 0.106. The Bertz CT molecular complexity index is 1570. The molecule has 1 fully saturated rings. The summed E-state index contributed by atoms with van der Waals surface area (Å²) in [6.07, 6.45) is 4.92. The first-order valence-corrected chi connectivity index (χ1v) is 12.7. The van der Waals surface area contributed by atoms with Crippen LogP contribution >= 0.6 is 0 Å². The van der Waals surface area contributed by atoms with Crippen molar-refractivity contribution in [3.05, 3.63) is 78.9 Å². The number of aromatic nitrogens is 4. The number of hydrogen-bond acceptors (Lipinski definition) is 5. The smallest absolute Gasteiger partial charge is 0.243 e. The average molecular weight is 473 g/mol. The molecule has 5 aromatic rings. The minimum atomic E-state index is -3.50. The van der Waals surface area contributed by atoms with Gasteiger partial charge >= 0.3 is 0 Å². The lowest BCUT2D eigenvalue weighted by Gasteiger charge is -2.30. The number of fused-ring (bicyclic) bond motifs is 2. The van der Waals surface area contributed by atoms with Gasteiger partial charge in [0.25, 0.3) is 0 Å². The van der Waals surface area contributed by atoms with E-state index in [1.165, 1.54) is 0 Å². The van der Waals surface area contributed by atoms with Crippen LogP contribution < -0.4 is 5.73 Å². The summed E-state index contributed by atoms with van der Waals surface area (Å²) in [4.78, 5) is 13.1. The standard InChI is InChI=1S/C25H24N6O2S/c26-24-23-22(21-16-18-6-4-5-9-20(18)28-21)29-25(31(23)15-12-27-24)17-10-13-30(14-11-17)34(32,33)19-7-2-1-3-8-19/h1-9,12,15-17,28H,10-11,13-14H2,(H2,26,27). The van der Waals surface area contributed by atoms with E-state index in [1.807, 2.05) is 34.9 Å². The summed E-state index contributed by atoms with van der Waals surface area (Å²) in [5.41, 5.74) is 9.74. The molecule has 0 saturated carbocycles. The lowest BCUT2D eigenvalue weighted by molar-refractivity contribution is 0.313. The maximum atomic E-state index is 13.0. The van der Waals surface area contributed by atoms with Crippen LogP contribution in [0, 0.1) is 0 Å². The second-order valence-corrected chi connectivity index (χ2v) is 10.5. The van der Waals surface area contributed by atoms with E-state index in [-0.39, 0.29) is 5.92 Å². The highest BCUT2D eigenvalue weighted by Gasteiger charge is 2.32. The summed E-state index contributed by atoms with van der Waals surface area (Å²) < 4.78 is 29.7. The zero-order valence-electron chi connectivity index (χ0n) is 18.4. The third kappa shape index (κ3) is 3.36. The fourth-order valence-electron chi connectivity index (χ4n) is 4.86. The molecule has 1 aliphatic rings. The lowest BCUT2D eigenvalue weighted by Crippen LogP contribution is -2.38. The molecule has 0 spiro atoms. The first kappa shape index (κ1) is 20.9. The Morgan fingerprint density at radius 1 is 1.00 bits per heavy atom. The Morgan fingerprint density at radius 3 is 2.50 bits per heavy atom. The fourth-order valence-corrected chi connectivity index (χ4v) is 6.35. The molecule has 2 aromatic carbocycles. The third-order valence-corrected chi connectivity index (χ3v) is 8.51. The number of H-pyrrole nitrogens is 1. The monoisotopic (exact) mass is 472 g/mol. The summed E-state index contributed by atoms with van der Waals surface area (Å²) in [5.74, 6) is 1.41. The van der Waals surface area contributed by atoms with Crippen LogP contribution in [0.15, 0.2) is 78.0 Å². The molecule has 0 amide bonds. The van der Waals surface area contributed by atoms with Crippen LogP contribution in [0.5, 0.6) is 0 Å². The molecule has 34 heavy (non-hydrogen) atoms. The van der Waals surface area contributed by atoms with Gasteiger partial charge in [-0.15, -0.1) is 0 Å². The number of rotatable bonds is 4. The second kappa shape index (κ2) is 7.96. The molecular formula is C25H24N6O2S. The Morgan fingerprint density at radius 2 is 1.74 bits per heavy atom. The highest BCUT2D eigenvalue weighted by molar-refractivity contribution is 7.89. The number of nitrogen functional groups attached to an aromatic ring is 1. The number of imidazole rings is 1. The highest BCUT2D eigenvalue weighted by atomic mass is 32.2. The van der Waals surface area contributed by atoms with Crippen molar-refractivity contribution in [2.75, 3.05) is 18.8 Å². The first-order chi connectivity index (χ1) is 16.5. The van der Waals surface area contributed by atoms with Gasteiger partial charge in [0.05, 0.1) is 10.6 Å². The highest BCUT2D eigenvalue weighted by Crippen LogP contribution is 2.36. The minimum Gasteiger partial charge on any atom is -0.382 e. The van der Waals surface area contributed by atoms with E-state index in [2.05, 4.69) is 22.1 Å². The first-order valence-electron chi connectivity index (χ1n) is 11.3. The summed E-state index contributed by atoms with van der Waals surface area (Å²) in [7, 11) is -3.50. The number of nitrogens with zero attached hydrogens (tertiary/aromatic N) is 4. The third-order valence-electron chi connectivity index (χ3n) is 6.60. The molecule has 8 nitrogen and oxygen atoms in total. The zero-order valence-corrected chi connectivity index (χ0v) is 19.2. The van der Waals surface area contributed by atoms with Gasteiger partial charge in [0, 0.05) is 42.3 Å². The molecule has 0 bridgehead atoms. The van der Waals surface area contributed by atoms with Crippen molar-refractivity contribution in [3.8, 4) is 11.4 Å². The van der Waals surface area contributed by atoms with Gasteiger partial charge in [0.1, 0.15) is 22.9 Å². The quantitative estimate of drug-likeness (QED) is 0.410. The predicted molar refractivity (Wildman–Crippen MR) is 132 cm³/mol. The Kier molecular flexibility index (Phi) is 4.89. The van der Waals surface area contributed by atoms with Crippen molar-refractivity contribution in [2.45, 2.75) is 23.7 Å². The number of nitrogens with two attached hydrogens (primary N) is 1.